The molecule has 2 fully saturated rings. The second kappa shape index (κ2) is 13.7. The zero-order valence-electron chi connectivity index (χ0n) is 34.4. The molecule has 0 amide bonds. The van der Waals surface area contributed by atoms with Gasteiger partial charge >= 0.3 is 0 Å². The number of fused-ring (bicyclic) bond motifs is 13. The van der Waals surface area contributed by atoms with Crippen LogP contribution in [-0.2, 0) is 10.8 Å². The van der Waals surface area contributed by atoms with E-state index in [2.05, 4.69) is 158 Å². The van der Waals surface area contributed by atoms with Crippen LogP contribution in [-0.4, -0.2) is 9.97 Å². The molecule has 0 N–H and O–H groups in total. The molecule has 4 aliphatic carbocycles. The number of hydrogen-bond acceptors (Lipinski definition) is 3. The quantitative estimate of drug-likeness (QED) is 0.177. The minimum Gasteiger partial charge on any atom is -0.227 e. The third-order valence-electron chi connectivity index (χ3n) is 15.1. The number of aromatic nitrogens is 2. The fourth-order valence-electron chi connectivity index (χ4n) is 12.4. The predicted molar refractivity (Wildman–Crippen MR) is 255 cm³/mol. The van der Waals surface area contributed by atoms with Crippen LogP contribution in [0.2, 0.25) is 0 Å². The topological polar surface area (TPSA) is 25.8 Å². The van der Waals surface area contributed by atoms with E-state index in [1.165, 1.54) is 119 Å². The van der Waals surface area contributed by atoms with Crippen molar-refractivity contribution in [3.05, 3.63) is 180 Å². The predicted octanol–water partition coefficient (Wildman–Crippen LogP) is 16.0. The molecule has 0 radical (unpaired) electrons. The van der Waals surface area contributed by atoms with E-state index in [0.717, 1.165) is 32.9 Å². The van der Waals surface area contributed by atoms with Crippen LogP contribution in [0.1, 0.15) is 86.5 Å². The summed E-state index contributed by atoms with van der Waals surface area (Å²) in [6.45, 7) is 0. The molecule has 2 spiro atoms. The summed E-state index contributed by atoms with van der Waals surface area (Å²) in [4.78, 5) is 11.5. The molecule has 294 valence electrons. The molecule has 61 heavy (non-hydrogen) atoms. The second-order valence-electron chi connectivity index (χ2n) is 18.2. The van der Waals surface area contributed by atoms with Crippen molar-refractivity contribution in [2.24, 2.45) is 0 Å². The highest BCUT2D eigenvalue weighted by molar-refractivity contribution is 7.25. The van der Waals surface area contributed by atoms with Crippen LogP contribution in [0, 0.1) is 0 Å². The summed E-state index contributed by atoms with van der Waals surface area (Å²) in [5.74, 6) is 0.760. The van der Waals surface area contributed by atoms with Crippen LogP contribution in [0.25, 0.3) is 87.5 Å². The van der Waals surface area contributed by atoms with E-state index in [9.17, 15) is 0 Å². The van der Waals surface area contributed by atoms with Crippen LogP contribution in [0.15, 0.2) is 158 Å². The summed E-state index contributed by atoms with van der Waals surface area (Å²) in [5, 5.41) is 2.35. The average Bonchev–Trinajstić information content (AvgIpc) is 3.93. The van der Waals surface area contributed by atoms with Gasteiger partial charge in [-0.2, -0.15) is 0 Å². The maximum absolute atomic E-state index is 5.30. The molecular formula is C58H46N2S. The van der Waals surface area contributed by atoms with Crippen molar-refractivity contribution in [2.75, 3.05) is 0 Å². The Morgan fingerprint density at radius 2 is 1.00 bits per heavy atom. The Morgan fingerprint density at radius 1 is 0.393 bits per heavy atom. The van der Waals surface area contributed by atoms with E-state index in [0.29, 0.717) is 0 Å². The van der Waals surface area contributed by atoms with Crippen molar-refractivity contribution in [3.8, 4) is 67.2 Å². The van der Waals surface area contributed by atoms with E-state index in [-0.39, 0.29) is 10.8 Å². The Morgan fingerprint density at radius 3 is 1.82 bits per heavy atom. The van der Waals surface area contributed by atoms with Gasteiger partial charge in [-0.3, -0.25) is 0 Å². The van der Waals surface area contributed by atoms with Crippen LogP contribution in [0.3, 0.4) is 0 Å². The fraction of sp³-hybridized carbons (Fsp3) is 0.207. The molecule has 3 heteroatoms. The maximum atomic E-state index is 5.30. The van der Waals surface area contributed by atoms with Gasteiger partial charge in [-0.1, -0.05) is 172 Å². The third-order valence-corrected chi connectivity index (χ3v) is 16.2. The van der Waals surface area contributed by atoms with Crippen LogP contribution in [0.5, 0.6) is 0 Å². The molecule has 9 aromatic rings. The van der Waals surface area contributed by atoms with Crippen LogP contribution >= 0.6 is 11.3 Å². The molecule has 0 saturated heterocycles. The Bertz CT molecular complexity index is 3200. The van der Waals surface area contributed by atoms with Gasteiger partial charge in [0.05, 0.1) is 5.69 Å². The second-order valence-corrected chi connectivity index (χ2v) is 19.2. The first-order valence-corrected chi connectivity index (χ1v) is 23.4. The van der Waals surface area contributed by atoms with Gasteiger partial charge in [0.1, 0.15) is 4.83 Å². The molecule has 0 atom stereocenters. The maximum Gasteiger partial charge on any atom is 0.161 e. The highest BCUT2D eigenvalue weighted by Gasteiger charge is 2.49. The summed E-state index contributed by atoms with van der Waals surface area (Å²) in [6, 6.07) is 59.4. The molecule has 4 aliphatic rings. The SMILES string of the molecule is c1ccc(-c2nc(-c3cccc(-c4ccc(-c5cccc6c5-c5cc7c(cc5C65CCCCC5)-c5ccccc5C75CCCCC5)cc4)c3)nc3sc4ccccc4c23)cc1. The Balaban J connectivity index is 0.911. The first-order chi connectivity index (χ1) is 30.2. The lowest BCUT2D eigenvalue weighted by Gasteiger charge is -2.37. The molecule has 13 rings (SSSR count). The zero-order chi connectivity index (χ0) is 40.1. The molecular weight excluding hydrogens is 757 g/mol. The number of thiophene rings is 1. The summed E-state index contributed by atoms with van der Waals surface area (Å²) in [7, 11) is 0. The van der Waals surface area contributed by atoms with E-state index in [4.69, 9.17) is 9.97 Å². The van der Waals surface area contributed by atoms with Crippen molar-refractivity contribution in [2.45, 2.75) is 75.0 Å². The van der Waals surface area contributed by atoms with E-state index in [1.54, 1.807) is 33.6 Å². The first-order valence-electron chi connectivity index (χ1n) is 22.6. The molecule has 2 aromatic heterocycles. The normalized spacial score (nSPS) is 16.8. The van der Waals surface area contributed by atoms with Crippen molar-refractivity contribution in [3.63, 3.8) is 0 Å². The number of benzene rings is 7. The molecule has 2 saturated carbocycles. The molecule has 0 unspecified atom stereocenters. The van der Waals surface area contributed by atoms with Gasteiger partial charge in [0.25, 0.3) is 0 Å². The smallest absolute Gasteiger partial charge is 0.161 e. The van der Waals surface area contributed by atoms with Gasteiger partial charge in [0.15, 0.2) is 5.82 Å². The highest BCUT2D eigenvalue weighted by atomic mass is 32.1. The summed E-state index contributed by atoms with van der Waals surface area (Å²) < 4.78 is 1.24. The molecule has 7 aromatic carbocycles. The highest BCUT2D eigenvalue weighted by Crippen LogP contribution is 2.63. The summed E-state index contributed by atoms with van der Waals surface area (Å²) in [5.41, 5.74) is 20.7. The van der Waals surface area contributed by atoms with Gasteiger partial charge in [-0.05, 0) is 117 Å². The zero-order valence-corrected chi connectivity index (χ0v) is 35.2. The minimum absolute atomic E-state index is 0.0902. The van der Waals surface area contributed by atoms with Crippen molar-refractivity contribution < 1.29 is 0 Å². The van der Waals surface area contributed by atoms with E-state index >= 15 is 0 Å². The van der Waals surface area contributed by atoms with Crippen molar-refractivity contribution in [1.82, 2.24) is 9.97 Å². The van der Waals surface area contributed by atoms with Crippen LogP contribution < -0.4 is 0 Å². The minimum atomic E-state index is 0.0902. The van der Waals surface area contributed by atoms with Gasteiger partial charge < -0.3 is 0 Å². The fourth-order valence-corrected chi connectivity index (χ4v) is 13.4. The standard InChI is InChI=1S/C58H46N2S/c1-4-16-39(17-5-1)54-53-44-21-7-9-25-51(44)61-56(53)60-55(59-54)41-19-14-18-40(34-41)37-26-28-38(29-27-37)42-22-15-24-48-52(42)46-36-49-45(35-50(46)58(48)32-12-3-13-33-58)43-20-6-8-23-47(43)57(49)30-10-2-11-31-57/h1,4-9,14-29,34-36H,2-3,10-13,30-33H2. The molecule has 2 heterocycles. The van der Waals surface area contributed by atoms with Crippen molar-refractivity contribution >= 4 is 31.6 Å². The van der Waals surface area contributed by atoms with Gasteiger partial charge in [-0.15, -0.1) is 11.3 Å². The monoisotopic (exact) mass is 802 g/mol. The van der Waals surface area contributed by atoms with Gasteiger partial charge in [0, 0.05) is 37.4 Å². The van der Waals surface area contributed by atoms with Gasteiger partial charge in [-0.25, -0.2) is 9.97 Å². The van der Waals surface area contributed by atoms with Crippen LogP contribution in [0.4, 0.5) is 0 Å². The number of rotatable bonds is 4. The molecule has 2 nitrogen and oxygen atoms in total. The molecule has 0 aliphatic heterocycles. The Hall–Kier alpha value is -6.16. The number of hydrogen-bond donors (Lipinski definition) is 0. The third kappa shape index (κ3) is 5.26. The molecule has 0 bridgehead atoms. The van der Waals surface area contributed by atoms with E-state index in [1.807, 2.05) is 0 Å². The van der Waals surface area contributed by atoms with Crippen molar-refractivity contribution in [1.29, 1.82) is 0 Å². The number of nitrogens with zero attached hydrogens (tertiary/aromatic N) is 2. The summed E-state index contributed by atoms with van der Waals surface area (Å²) >= 11 is 1.75. The average molecular weight is 803 g/mol. The first kappa shape index (κ1) is 35.6. The Labute approximate surface area is 362 Å². The van der Waals surface area contributed by atoms with Gasteiger partial charge in [0.2, 0.25) is 0 Å². The Kier molecular flexibility index (Phi) is 7.98. The lowest BCUT2D eigenvalue weighted by molar-refractivity contribution is 0.350. The lowest BCUT2D eigenvalue weighted by atomic mass is 9.66. The summed E-state index contributed by atoms with van der Waals surface area (Å²) in [6.07, 6.45) is 12.9. The van der Waals surface area contributed by atoms with E-state index < -0.39 is 0 Å². The largest absolute Gasteiger partial charge is 0.227 e. The lowest BCUT2D eigenvalue weighted by Crippen LogP contribution is -2.29.